The van der Waals surface area contributed by atoms with E-state index in [4.69, 9.17) is 9.47 Å². The number of morpholine rings is 1. The molecule has 31 heavy (non-hydrogen) atoms. The van der Waals surface area contributed by atoms with Crippen molar-refractivity contribution in [2.45, 2.75) is 23.6 Å². The molecule has 1 saturated heterocycles. The number of rotatable bonds is 10. The third-order valence-electron chi connectivity index (χ3n) is 5.05. The van der Waals surface area contributed by atoms with E-state index in [-0.39, 0.29) is 0 Å². The van der Waals surface area contributed by atoms with Crippen molar-refractivity contribution in [3.63, 3.8) is 0 Å². The molecule has 2 aromatic rings. The standard InChI is InChI=1S/C24H34N4O2S/c1-20(31-22-9-4-3-5-10-22)18-26-24(25-2)27-19-21-8-6-7-11-23(21)30-17-14-28-12-15-29-16-13-28/h3-11,20H,12-19H2,1-2H3,(H2,25,26,27). The lowest BCUT2D eigenvalue weighted by Gasteiger charge is -2.26. The van der Waals surface area contributed by atoms with E-state index < -0.39 is 0 Å². The molecule has 0 amide bonds. The Hall–Kier alpha value is -2.22. The lowest BCUT2D eigenvalue weighted by atomic mass is 10.2. The van der Waals surface area contributed by atoms with Crippen LogP contribution < -0.4 is 15.4 Å². The van der Waals surface area contributed by atoms with Gasteiger partial charge < -0.3 is 20.1 Å². The van der Waals surface area contributed by atoms with Gasteiger partial charge in [-0.3, -0.25) is 9.89 Å². The van der Waals surface area contributed by atoms with Crippen LogP contribution in [0.25, 0.3) is 0 Å². The highest BCUT2D eigenvalue weighted by molar-refractivity contribution is 8.00. The minimum absolute atomic E-state index is 0.428. The summed E-state index contributed by atoms with van der Waals surface area (Å²) in [7, 11) is 1.80. The maximum atomic E-state index is 6.08. The molecule has 1 atom stereocenters. The maximum absolute atomic E-state index is 6.08. The summed E-state index contributed by atoms with van der Waals surface area (Å²) in [6.45, 7) is 8.90. The summed E-state index contributed by atoms with van der Waals surface area (Å²) in [5.74, 6) is 1.72. The van der Waals surface area contributed by atoms with Crippen LogP contribution in [0.1, 0.15) is 12.5 Å². The summed E-state index contributed by atoms with van der Waals surface area (Å²) in [6, 6.07) is 18.7. The van der Waals surface area contributed by atoms with Gasteiger partial charge in [-0.25, -0.2) is 0 Å². The van der Waals surface area contributed by atoms with Crippen molar-refractivity contribution in [1.82, 2.24) is 15.5 Å². The van der Waals surface area contributed by atoms with Crippen LogP contribution in [0.5, 0.6) is 5.75 Å². The third kappa shape index (κ3) is 8.44. The first-order valence-corrected chi connectivity index (χ1v) is 11.8. The summed E-state index contributed by atoms with van der Waals surface area (Å²) in [5, 5.41) is 7.26. The lowest BCUT2D eigenvalue weighted by molar-refractivity contribution is 0.0322. The molecule has 0 spiro atoms. The van der Waals surface area contributed by atoms with Gasteiger partial charge in [0.15, 0.2) is 5.96 Å². The number of para-hydroxylation sites is 1. The Balaban J connectivity index is 1.42. The van der Waals surface area contributed by atoms with Gasteiger partial charge in [0.05, 0.1) is 13.2 Å². The summed E-state index contributed by atoms with van der Waals surface area (Å²) >= 11 is 1.86. The van der Waals surface area contributed by atoms with Crippen LogP contribution in [0.2, 0.25) is 0 Å². The van der Waals surface area contributed by atoms with Crippen molar-refractivity contribution in [2.75, 3.05) is 53.0 Å². The average Bonchev–Trinajstić information content (AvgIpc) is 2.81. The molecule has 0 radical (unpaired) electrons. The minimum atomic E-state index is 0.428. The van der Waals surface area contributed by atoms with Crippen molar-refractivity contribution >= 4 is 17.7 Å². The Morgan fingerprint density at radius 3 is 2.61 bits per heavy atom. The highest BCUT2D eigenvalue weighted by Gasteiger charge is 2.11. The third-order valence-corrected chi connectivity index (χ3v) is 6.16. The number of ether oxygens (including phenoxy) is 2. The van der Waals surface area contributed by atoms with Crippen LogP contribution in [0, 0.1) is 0 Å². The number of benzene rings is 2. The Morgan fingerprint density at radius 2 is 1.84 bits per heavy atom. The molecule has 0 bridgehead atoms. The van der Waals surface area contributed by atoms with Crippen LogP contribution in [0.15, 0.2) is 64.5 Å². The van der Waals surface area contributed by atoms with Crippen molar-refractivity contribution < 1.29 is 9.47 Å². The van der Waals surface area contributed by atoms with Crippen molar-refractivity contribution in [2.24, 2.45) is 4.99 Å². The van der Waals surface area contributed by atoms with E-state index in [2.05, 4.69) is 57.8 Å². The molecule has 1 unspecified atom stereocenters. The van der Waals surface area contributed by atoms with E-state index in [1.165, 1.54) is 4.90 Å². The number of nitrogens with zero attached hydrogens (tertiary/aromatic N) is 2. The Bertz CT molecular complexity index is 797. The van der Waals surface area contributed by atoms with Crippen LogP contribution in [-0.4, -0.2) is 69.2 Å². The Kier molecular flexibility index (Phi) is 10.0. The zero-order valence-corrected chi connectivity index (χ0v) is 19.4. The maximum Gasteiger partial charge on any atom is 0.191 e. The molecule has 2 aromatic carbocycles. The molecule has 0 aliphatic carbocycles. The van der Waals surface area contributed by atoms with Gasteiger partial charge >= 0.3 is 0 Å². The number of hydrogen-bond acceptors (Lipinski definition) is 5. The van der Waals surface area contributed by atoms with Gasteiger partial charge in [0.2, 0.25) is 0 Å². The van der Waals surface area contributed by atoms with Gasteiger partial charge in [-0.15, -0.1) is 11.8 Å². The molecule has 1 aliphatic heterocycles. The Labute approximate surface area is 190 Å². The van der Waals surface area contributed by atoms with Crippen LogP contribution in [-0.2, 0) is 11.3 Å². The molecule has 3 rings (SSSR count). The molecule has 2 N–H and O–H groups in total. The van der Waals surface area contributed by atoms with E-state index >= 15 is 0 Å². The van der Waals surface area contributed by atoms with Crippen LogP contribution in [0.4, 0.5) is 0 Å². The van der Waals surface area contributed by atoms with E-state index in [1.54, 1.807) is 7.05 Å². The predicted molar refractivity (Wildman–Crippen MR) is 129 cm³/mol. The highest BCUT2D eigenvalue weighted by Crippen LogP contribution is 2.22. The predicted octanol–water partition coefficient (Wildman–Crippen LogP) is 3.24. The second kappa shape index (κ2) is 13.2. The SMILES string of the molecule is CN=C(NCc1ccccc1OCCN1CCOCC1)NCC(C)Sc1ccccc1. The smallest absolute Gasteiger partial charge is 0.191 e. The monoisotopic (exact) mass is 442 g/mol. The molecular formula is C24H34N4O2S. The molecule has 168 valence electrons. The fourth-order valence-electron chi connectivity index (χ4n) is 3.31. The lowest BCUT2D eigenvalue weighted by Crippen LogP contribution is -2.39. The van der Waals surface area contributed by atoms with E-state index in [9.17, 15) is 0 Å². The second-order valence-corrected chi connectivity index (χ2v) is 8.97. The number of aliphatic imine (C=N–C) groups is 1. The summed E-state index contributed by atoms with van der Waals surface area (Å²) < 4.78 is 11.5. The number of thioether (sulfide) groups is 1. The molecule has 1 heterocycles. The molecular weight excluding hydrogens is 408 g/mol. The molecule has 6 nitrogen and oxygen atoms in total. The van der Waals surface area contributed by atoms with Gasteiger partial charge in [-0.05, 0) is 18.2 Å². The summed E-state index contributed by atoms with van der Waals surface area (Å²) in [5.41, 5.74) is 1.12. The van der Waals surface area contributed by atoms with Crippen molar-refractivity contribution in [3.05, 3.63) is 60.2 Å². The second-order valence-electron chi connectivity index (χ2n) is 7.46. The quantitative estimate of drug-likeness (QED) is 0.335. The fraction of sp³-hybridized carbons (Fsp3) is 0.458. The number of nitrogens with one attached hydrogen (secondary N) is 2. The topological polar surface area (TPSA) is 58.1 Å². The first-order valence-electron chi connectivity index (χ1n) is 10.9. The highest BCUT2D eigenvalue weighted by atomic mass is 32.2. The van der Waals surface area contributed by atoms with Crippen LogP contribution >= 0.6 is 11.8 Å². The Morgan fingerprint density at radius 1 is 1.10 bits per heavy atom. The average molecular weight is 443 g/mol. The minimum Gasteiger partial charge on any atom is -0.492 e. The normalized spacial score (nSPS) is 16.0. The zero-order chi connectivity index (χ0) is 21.7. The van der Waals surface area contributed by atoms with Gasteiger partial charge in [0.25, 0.3) is 0 Å². The van der Waals surface area contributed by atoms with E-state index in [1.807, 2.05) is 36.0 Å². The molecule has 0 aromatic heterocycles. The molecule has 0 saturated carbocycles. The molecule has 7 heteroatoms. The zero-order valence-electron chi connectivity index (χ0n) is 18.5. The van der Waals surface area contributed by atoms with Gasteiger partial charge in [-0.1, -0.05) is 43.3 Å². The van der Waals surface area contributed by atoms with Crippen molar-refractivity contribution in [1.29, 1.82) is 0 Å². The van der Waals surface area contributed by atoms with Gasteiger partial charge in [0, 0.05) is 55.5 Å². The first-order chi connectivity index (χ1) is 15.2. The first kappa shape index (κ1) is 23.4. The summed E-state index contributed by atoms with van der Waals surface area (Å²) in [6.07, 6.45) is 0. The number of hydrogen-bond donors (Lipinski definition) is 2. The largest absolute Gasteiger partial charge is 0.492 e. The molecule has 1 aliphatic rings. The molecule has 1 fully saturated rings. The van der Waals surface area contributed by atoms with Crippen LogP contribution in [0.3, 0.4) is 0 Å². The van der Waals surface area contributed by atoms with Gasteiger partial charge in [-0.2, -0.15) is 0 Å². The van der Waals surface area contributed by atoms with E-state index in [0.29, 0.717) is 18.4 Å². The number of guanidine groups is 1. The fourth-order valence-corrected chi connectivity index (χ4v) is 4.26. The van der Waals surface area contributed by atoms with Gasteiger partial charge in [0.1, 0.15) is 12.4 Å². The summed E-state index contributed by atoms with van der Waals surface area (Å²) in [4.78, 5) is 8.02. The van der Waals surface area contributed by atoms with E-state index in [0.717, 1.165) is 56.7 Å². The van der Waals surface area contributed by atoms with Crippen molar-refractivity contribution in [3.8, 4) is 5.75 Å².